The summed E-state index contributed by atoms with van der Waals surface area (Å²) in [5.41, 5.74) is 7.21. The van der Waals surface area contributed by atoms with Gasteiger partial charge in [-0.25, -0.2) is 0 Å². The number of fused-ring (bicyclic) bond motifs is 4. The van der Waals surface area contributed by atoms with Crippen LogP contribution < -0.4 is 0 Å². The second kappa shape index (κ2) is 4.70. The second-order valence-corrected chi connectivity index (χ2v) is 6.67. The molecule has 5 rings (SSSR count). The Bertz CT molecular complexity index is 988. The van der Waals surface area contributed by atoms with Gasteiger partial charge in [-0.2, -0.15) is 0 Å². The highest BCUT2D eigenvalue weighted by atomic mass is 14.4. The molecule has 0 aliphatic heterocycles. The van der Waals surface area contributed by atoms with E-state index in [-0.39, 0.29) is 0 Å². The summed E-state index contributed by atoms with van der Waals surface area (Å²) in [6, 6.07) is 22.1. The zero-order valence-corrected chi connectivity index (χ0v) is 13.2. The van der Waals surface area contributed by atoms with Crippen LogP contribution in [0.25, 0.3) is 22.9 Å². The van der Waals surface area contributed by atoms with Gasteiger partial charge in [0.05, 0.1) is 0 Å². The van der Waals surface area contributed by atoms with Crippen LogP contribution in [0.15, 0.2) is 72.3 Å². The monoisotopic (exact) mass is 294 g/mol. The van der Waals surface area contributed by atoms with E-state index in [1.54, 1.807) is 0 Å². The molecule has 0 saturated heterocycles. The van der Waals surface area contributed by atoms with Gasteiger partial charge in [0.25, 0.3) is 0 Å². The molecule has 0 saturated carbocycles. The highest BCUT2D eigenvalue weighted by Gasteiger charge is 2.33. The summed E-state index contributed by atoms with van der Waals surface area (Å²) in [6.07, 6.45) is 7.07. The van der Waals surface area contributed by atoms with E-state index in [1.807, 2.05) is 0 Å². The smallest absolute Gasteiger partial charge is 0.0159 e. The third kappa shape index (κ3) is 1.78. The maximum atomic E-state index is 2.40. The molecule has 0 N–H and O–H groups in total. The molecule has 3 aromatic carbocycles. The van der Waals surface area contributed by atoms with E-state index in [1.165, 1.54) is 38.6 Å². The Morgan fingerprint density at radius 1 is 0.783 bits per heavy atom. The fraction of sp³-hybridized carbons (Fsp3) is 0.130. The lowest BCUT2D eigenvalue weighted by atomic mass is 9.80. The first-order valence-electron chi connectivity index (χ1n) is 8.30. The summed E-state index contributed by atoms with van der Waals surface area (Å²) < 4.78 is 0. The van der Waals surface area contributed by atoms with E-state index < -0.39 is 0 Å². The van der Waals surface area contributed by atoms with Crippen molar-refractivity contribution in [2.45, 2.75) is 18.8 Å². The van der Waals surface area contributed by atoms with Crippen molar-refractivity contribution in [3.8, 4) is 0 Å². The van der Waals surface area contributed by atoms with E-state index in [0.29, 0.717) is 11.8 Å². The van der Waals surface area contributed by atoms with E-state index in [9.17, 15) is 0 Å². The molecule has 0 heteroatoms. The van der Waals surface area contributed by atoms with E-state index in [4.69, 9.17) is 0 Å². The topological polar surface area (TPSA) is 0 Å². The number of allylic oxidation sites excluding steroid dienone is 2. The van der Waals surface area contributed by atoms with Gasteiger partial charge >= 0.3 is 0 Å². The van der Waals surface area contributed by atoms with Gasteiger partial charge in [-0.05, 0) is 39.9 Å². The third-order valence-corrected chi connectivity index (χ3v) is 5.40. The molecule has 2 atom stereocenters. The Morgan fingerprint density at radius 3 is 2.57 bits per heavy atom. The minimum atomic E-state index is 0.463. The fourth-order valence-electron chi connectivity index (χ4n) is 4.35. The molecule has 0 amide bonds. The van der Waals surface area contributed by atoms with Gasteiger partial charge in [-0.1, -0.05) is 84.5 Å². The Kier molecular flexibility index (Phi) is 2.63. The lowest BCUT2D eigenvalue weighted by molar-refractivity contribution is 0.724. The minimum Gasteiger partial charge on any atom is -0.0754 e. The van der Waals surface area contributed by atoms with E-state index in [2.05, 4.69) is 85.8 Å². The Morgan fingerprint density at radius 2 is 1.61 bits per heavy atom. The number of rotatable bonds is 1. The average Bonchev–Trinajstić information content (AvgIpc) is 3.15. The molecule has 0 aromatic heterocycles. The summed E-state index contributed by atoms with van der Waals surface area (Å²) in [6.45, 7) is 2.29. The molecular weight excluding hydrogens is 276 g/mol. The lowest BCUT2D eigenvalue weighted by Crippen LogP contribution is -2.07. The van der Waals surface area contributed by atoms with Gasteiger partial charge in [0.2, 0.25) is 0 Å². The first-order valence-corrected chi connectivity index (χ1v) is 8.30. The first-order chi connectivity index (χ1) is 11.3. The quantitative estimate of drug-likeness (QED) is 0.505. The highest BCUT2D eigenvalue weighted by Crippen LogP contribution is 2.50. The largest absolute Gasteiger partial charge is 0.0754 e. The Hall–Kier alpha value is -2.60. The Balaban J connectivity index is 1.70. The molecule has 2 aliphatic carbocycles. The van der Waals surface area contributed by atoms with E-state index in [0.717, 1.165) is 0 Å². The van der Waals surface area contributed by atoms with Crippen molar-refractivity contribution in [3.63, 3.8) is 0 Å². The van der Waals surface area contributed by atoms with Gasteiger partial charge in [-0.3, -0.25) is 0 Å². The fourth-order valence-corrected chi connectivity index (χ4v) is 4.35. The normalized spacial score (nSPS) is 21.3. The van der Waals surface area contributed by atoms with Crippen molar-refractivity contribution in [3.05, 3.63) is 94.6 Å². The van der Waals surface area contributed by atoms with Crippen molar-refractivity contribution >= 4 is 22.9 Å². The predicted molar refractivity (Wildman–Crippen MR) is 98.6 cm³/mol. The summed E-state index contributed by atoms with van der Waals surface area (Å²) >= 11 is 0. The first kappa shape index (κ1) is 12.9. The third-order valence-electron chi connectivity index (χ3n) is 5.40. The van der Waals surface area contributed by atoms with Crippen molar-refractivity contribution in [2.75, 3.05) is 0 Å². The number of benzene rings is 3. The van der Waals surface area contributed by atoms with Crippen LogP contribution in [0.2, 0.25) is 0 Å². The van der Waals surface area contributed by atoms with Gasteiger partial charge in [0, 0.05) is 11.8 Å². The summed E-state index contributed by atoms with van der Waals surface area (Å²) in [5, 5.41) is 2.71. The molecule has 110 valence electrons. The lowest BCUT2D eigenvalue weighted by Gasteiger charge is -2.22. The van der Waals surface area contributed by atoms with Crippen molar-refractivity contribution in [1.82, 2.24) is 0 Å². The van der Waals surface area contributed by atoms with Crippen molar-refractivity contribution in [1.29, 1.82) is 0 Å². The predicted octanol–water partition coefficient (Wildman–Crippen LogP) is 6.15. The molecule has 23 heavy (non-hydrogen) atoms. The zero-order valence-electron chi connectivity index (χ0n) is 13.2. The van der Waals surface area contributed by atoms with Crippen molar-refractivity contribution < 1.29 is 0 Å². The van der Waals surface area contributed by atoms with Crippen LogP contribution >= 0.6 is 0 Å². The van der Waals surface area contributed by atoms with Crippen molar-refractivity contribution in [2.24, 2.45) is 0 Å². The molecule has 0 spiro atoms. The molecule has 2 unspecified atom stereocenters. The second-order valence-electron chi connectivity index (χ2n) is 6.67. The molecule has 2 aliphatic rings. The maximum Gasteiger partial charge on any atom is 0.0159 e. The van der Waals surface area contributed by atoms with Crippen LogP contribution in [0.4, 0.5) is 0 Å². The van der Waals surface area contributed by atoms with Gasteiger partial charge in [0.15, 0.2) is 0 Å². The molecule has 0 nitrogen and oxygen atoms in total. The summed E-state index contributed by atoms with van der Waals surface area (Å²) in [5.74, 6) is 0.930. The maximum absolute atomic E-state index is 2.40. The molecular formula is C23H18. The van der Waals surface area contributed by atoms with Crippen LogP contribution in [0.1, 0.15) is 41.0 Å². The van der Waals surface area contributed by atoms with Gasteiger partial charge in [0.1, 0.15) is 0 Å². The molecule has 0 radical (unpaired) electrons. The minimum absolute atomic E-state index is 0.463. The van der Waals surface area contributed by atoms with Crippen LogP contribution in [-0.4, -0.2) is 0 Å². The molecule has 0 heterocycles. The van der Waals surface area contributed by atoms with Gasteiger partial charge < -0.3 is 0 Å². The molecule has 3 aromatic rings. The average molecular weight is 294 g/mol. The molecule has 0 fully saturated rings. The SMILES string of the molecule is CC1=Cc2c(ccc3ccccc23)C1C1C=Cc2ccccc21. The number of hydrogen-bond donors (Lipinski definition) is 0. The highest BCUT2D eigenvalue weighted by molar-refractivity contribution is 5.94. The van der Waals surface area contributed by atoms with Crippen LogP contribution in [-0.2, 0) is 0 Å². The molecule has 0 bridgehead atoms. The Labute approximate surface area is 136 Å². The van der Waals surface area contributed by atoms with Crippen LogP contribution in [0.5, 0.6) is 0 Å². The summed E-state index contributed by atoms with van der Waals surface area (Å²) in [4.78, 5) is 0. The van der Waals surface area contributed by atoms with Gasteiger partial charge in [-0.15, -0.1) is 0 Å². The van der Waals surface area contributed by atoms with Crippen LogP contribution in [0.3, 0.4) is 0 Å². The van der Waals surface area contributed by atoms with Crippen LogP contribution in [0, 0.1) is 0 Å². The van der Waals surface area contributed by atoms with E-state index >= 15 is 0 Å². The number of hydrogen-bond acceptors (Lipinski definition) is 0. The zero-order chi connectivity index (χ0) is 15.4. The standard InChI is InChI=1S/C23H18/c1-15-14-22-19-9-5-3-7-17(19)11-13-21(22)23(15)20-12-10-16-6-2-4-8-18(16)20/h2-14,20,23H,1H3. The summed E-state index contributed by atoms with van der Waals surface area (Å²) in [7, 11) is 0.